The third-order valence-corrected chi connectivity index (χ3v) is 6.64. The molecule has 1 aliphatic heterocycles. The number of rotatable bonds is 4. The first-order valence-corrected chi connectivity index (χ1v) is 12.4. The van der Waals surface area contributed by atoms with Crippen LogP contribution in [0.15, 0.2) is 24.3 Å². The number of nitrogens with zero attached hydrogens (tertiary/aromatic N) is 4. The number of carbonyl (C=O) groups is 4. The van der Waals surface area contributed by atoms with Crippen LogP contribution in [0.25, 0.3) is 0 Å². The van der Waals surface area contributed by atoms with E-state index in [1.165, 1.54) is 9.80 Å². The molecule has 0 fully saturated rings. The number of aromatic nitrogens is 2. The fraction of sp³-hybridized carbons (Fsp3) is 0.500. The van der Waals surface area contributed by atoms with Gasteiger partial charge in [-0.05, 0) is 44.4 Å². The zero-order valence-electron chi connectivity index (χ0n) is 22.2. The number of likely N-dealkylation sites (N-methyl/N-ethyl adjacent to an activating group) is 2. The van der Waals surface area contributed by atoms with E-state index in [0.29, 0.717) is 18.7 Å². The van der Waals surface area contributed by atoms with Gasteiger partial charge in [-0.2, -0.15) is 5.10 Å². The number of hydrogen-bond donors (Lipinski definition) is 2. The molecule has 1 aliphatic rings. The average Bonchev–Trinajstić information content (AvgIpc) is 3.11. The van der Waals surface area contributed by atoms with Crippen LogP contribution in [0.1, 0.15) is 40.2 Å². The third kappa shape index (κ3) is 7.08. The normalized spacial score (nSPS) is 17.9. The number of ether oxygens (including phenoxy) is 1. The Balaban J connectivity index is 1.77. The lowest BCUT2D eigenvalue weighted by Gasteiger charge is -2.22. The minimum atomic E-state index is -0.947. The van der Waals surface area contributed by atoms with E-state index >= 15 is 0 Å². The molecule has 0 bridgehead atoms. The van der Waals surface area contributed by atoms with E-state index in [1.54, 1.807) is 43.0 Å². The summed E-state index contributed by atoms with van der Waals surface area (Å²) in [6, 6.07) is 5.78. The standard InChI is InChI=1S/C26H36N6O5/c1-17-19(18(2)32(5)29-17)12-13-27-26(36)21-10-11-23(33)31(4)16-24(34)30(3)14-15-37-22-9-7-6-8-20(22)25(35)28-21/h6-9,21H,10-16H2,1-5H3,(H,27,36)(H,28,35)/t21-/m0/s1. The SMILES string of the molecule is Cc1nn(C)c(C)c1CCNC(=O)[C@@H]1CCC(=O)N(C)CC(=O)N(C)CCOc2ccccc2C(=O)N1. The molecule has 200 valence electrons. The smallest absolute Gasteiger partial charge is 0.255 e. The Bertz CT molecular complexity index is 1160. The van der Waals surface area contributed by atoms with E-state index in [4.69, 9.17) is 4.74 Å². The molecule has 0 saturated carbocycles. The highest BCUT2D eigenvalue weighted by molar-refractivity contribution is 5.99. The molecule has 1 atom stereocenters. The van der Waals surface area contributed by atoms with Crippen molar-refractivity contribution >= 4 is 23.6 Å². The molecule has 2 aromatic rings. The number of carbonyl (C=O) groups excluding carboxylic acids is 4. The highest BCUT2D eigenvalue weighted by Crippen LogP contribution is 2.19. The Morgan fingerprint density at radius 2 is 1.84 bits per heavy atom. The molecule has 0 radical (unpaired) electrons. The molecular formula is C26H36N6O5. The molecule has 0 aliphatic carbocycles. The molecule has 37 heavy (non-hydrogen) atoms. The number of amides is 4. The monoisotopic (exact) mass is 512 g/mol. The van der Waals surface area contributed by atoms with Gasteiger partial charge >= 0.3 is 0 Å². The van der Waals surface area contributed by atoms with Gasteiger partial charge in [0.2, 0.25) is 17.7 Å². The van der Waals surface area contributed by atoms with Crippen LogP contribution in [0.3, 0.4) is 0 Å². The van der Waals surface area contributed by atoms with Crippen molar-refractivity contribution in [2.24, 2.45) is 7.05 Å². The summed E-state index contributed by atoms with van der Waals surface area (Å²) in [7, 11) is 5.05. The highest BCUT2D eigenvalue weighted by atomic mass is 16.5. The number of para-hydroxylation sites is 1. The molecule has 0 spiro atoms. The summed E-state index contributed by atoms with van der Waals surface area (Å²) in [4.78, 5) is 54.3. The number of hydrogen-bond acceptors (Lipinski definition) is 6. The predicted molar refractivity (Wildman–Crippen MR) is 137 cm³/mol. The third-order valence-electron chi connectivity index (χ3n) is 6.64. The average molecular weight is 513 g/mol. The lowest BCUT2D eigenvalue weighted by Crippen LogP contribution is -2.48. The molecule has 11 heteroatoms. The quantitative estimate of drug-likeness (QED) is 0.618. The van der Waals surface area contributed by atoms with Gasteiger partial charge in [-0.3, -0.25) is 23.9 Å². The summed E-state index contributed by atoms with van der Waals surface area (Å²) in [6.45, 7) is 4.63. The Hall–Kier alpha value is -3.89. The summed E-state index contributed by atoms with van der Waals surface area (Å²) < 4.78 is 7.59. The minimum Gasteiger partial charge on any atom is -0.491 e. The van der Waals surface area contributed by atoms with E-state index in [0.717, 1.165) is 17.0 Å². The van der Waals surface area contributed by atoms with Crippen LogP contribution < -0.4 is 15.4 Å². The lowest BCUT2D eigenvalue weighted by atomic mass is 10.1. The van der Waals surface area contributed by atoms with Crippen molar-refractivity contribution in [2.75, 3.05) is 40.3 Å². The lowest BCUT2D eigenvalue weighted by molar-refractivity contribution is -0.139. The molecule has 2 N–H and O–H groups in total. The van der Waals surface area contributed by atoms with Gasteiger partial charge in [0.25, 0.3) is 5.91 Å². The maximum absolute atomic E-state index is 13.2. The van der Waals surface area contributed by atoms with Crippen molar-refractivity contribution in [3.63, 3.8) is 0 Å². The number of fused-ring (bicyclic) bond motifs is 1. The van der Waals surface area contributed by atoms with Crippen molar-refractivity contribution < 1.29 is 23.9 Å². The molecular weight excluding hydrogens is 476 g/mol. The Kier molecular flexibility index (Phi) is 9.26. The van der Waals surface area contributed by atoms with Gasteiger partial charge < -0.3 is 25.2 Å². The molecule has 1 aromatic carbocycles. The van der Waals surface area contributed by atoms with Crippen LogP contribution in [-0.2, 0) is 27.9 Å². The Morgan fingerprint density at radius 3 is 2.54 bits per heavy atom. The molecule has 2 heterocycles. The first-order chi connectivity index (χ1) is 17.6. The summed E-state index contributed by atoms with van der Waals surface area (Å²) in [5.74, 6) is -1.03. The predicted octanol–water partition coefficient (Wildman–Crippen LogP) is 0.584. The molecule has 11 nitrogen and oxygen atoms in total. The fourth-order valence-corrected chi connectivity index (χ4v) is 4.19. The van der Waals surface area contributed by atoms with Crippen molar-refractivity contribution in [1.29, 1.82) is 0 Å². The van der Waals surface area contributed by atoms with E-state index in [9.17, 15) is 19.2 Å². The zero-order valence-corrected chi connectivity index (χ0v) is 22.2. The fourth-order valence-electron chi connectivity index (χ4n) is 4.19. The summed E-state index contributed by atoms with van der Waals surface area (Å²) in [6.07, 6.45) is 0.662. The van der Waals surface area contributed by atoms with Gasteiger partial charge in [-0.1, -0.05) is 12.1 Å². The summed E-state index contributed by atoms with van der Waals surface area (Å²) >= 11 is 0. The molecule has 1 aromatic heterocycles. The van der Waals surface area contributed by atoms with Gasteiger partial charge in [0.1, 0.15) is 18.4 Å². The maximum atomic E-state index is 13.2. The van der Waals surface area contributed by atoms with E-state index in [1.807, 2.05) is 20.9 Å². The van der Waals surface area contributed by atoms with Gasteiger partial charge in [0, 0.05) is 39.8 Å². The van der Waals surface area contributed by atoms with E-state index in [-0.39, 0.29) is 55.8 Å². The van der Waals surface area contributed by atoms with Gasteiger partial charge in [0.15, 0.2) is 0 Å². The van der Waals surface area contributed by atoms with E-state index < -0.39 is 11.9 Å². The van der Waals surface area contributed by atoms with Crippen LogP contribution in [0.4, 0.5) is 0 Å². The summed E-state index contributed by atoms with van der Waals surface area (Å²) in [5.41, 5.74) is 3.27. The topological polar surface area (TPSA) is 126 Å². The van der Waals surface area contributed by atoms with Gasteiger partial charge in [-0.25, -0.2) is 0 Å². The van der Waals surface area contributed by atoms with Crippen molar-refractivity contribution in [2.45, 2.75) is 39.2 Å². The maximum Gasteiger partial charge on any atom is 0.255 e. The summed E-state index contributed by atoms with van der Waals surface area (Å²) in [5, 5.41) is 10.1. The Morgan fingerprint density at radius 1 is 1.11 bits per heavy atom. The second-order valence-electron chi connectivity index (χ2n) is 9.29. The first kappa shape index (κ1) is 27.7. The Labute approximate surface area is 217 Å². The second-order valence-corrected chi connectivity index (χ2v) is 9.29. The molecule has 0 unspecified atom stereocenters. The second kappa shape index (κ2) is 12.4. The van der Waals surface area contributed by atoms with Crippen LogP contribution in [0, 0.1) is 13.8 Å². The van der Waals surface area contributed by atoms with Crippen molar-refractivity contribution in [3.05, 3.63) is 46.8 Å². The number of benzene rings is 1. The first-order valence-electron chi connectivity index (χ1n) is 12.4. The molecule has 3 rings (SSSR count). The molecule has 0 saturated heterocycles. The minimum absolute atomic E-state index is 0.00910. The highest BCUT2D eigenvalue weighted by Gasteiger charge is 2.26. The van der Waals surface area contributed by atoms with Crippen LogP contribution >= 0.6 is 0 Å². The largest absolute Gasteiger partial charge is 0.491 e. The van der Waals surface area contributed by atoms with Gasteiger partial charge in [-0.15, -0.1) is 0 Å². The van der Waals surface area contributed by atoms with Crippen molar-refractivity contribution in [3.8, 4) is 5.75 Å². The van der Waals surface area contributed by atoms with Crippen LogP contribution in [-0.4, -0.2) is 89.6 Å². The van der Waals surface area contributed by atoms with Gasteiger partial charge in [0.05, 0.1) is 24.3 Å². The van der Waals surface area contributed by atoms with Crippen LogP contribution in [0.2, 0.25) is 0 Å². The van der Waals surface area contributed by atoms with E-state index in [2.05, 4.69) is 15.7 Å². The van der Waals surface area contributed by atoms with Crippen molar-refractivity contribution in [1.82, 2.24) is 30.2 Å². The number of aryl methyl sites for hydroxylation is 2. The zero-order chi connectivity index (χ0) is 27.1. The van der Waals surface area contributed by atoms with Crippen LogP contribution in [0.5, 0.6) is 5.75 Å². The molecule has 4 amide bonds. The number of nitrogens with one attached hydrogen (secondary N) is 2.